The Bertz CT molecular complexity index is 2190. The summed E-state index contributed by atoms with van der Waals surface area (Å²) in [5, 5.41) is 17.0. The lowest BCUT2D eigenvalue weighted by Gasteiger charge is -2.29. The summed E-state index contributed by atoms with van der Waals surface area (Å²) < 4.78 is 39.8. The molecule has 2 heterocycles. The van der Waals surface area contributed by atoms with Crippen LogP contribution in [0.2, 0.25) is 10.0 Å². The third kappa shape index (κ3) is 8.15. The van der Waals surface area contributed by atoms with E-state index in [1.54, 1.807) is 40.0 Å². The number of amides is 2. The number of aromatic nitrogens is 2. The fourth-order valence-electron chi connectivity index (χ4n) is 6.58. The molecule has 0 unspecified atom stereocenters. The average Bonchev–Trinajstić information content (AvgIpc) is 4.07. The summed E-state index contributed by atoms with van der Waals surface area (Å²) in [5.74, 6) is -0.788. The fourth-order valence-corrected chi connectivity index (χ4v) is 8.31. The predicted molar refractivity (Wildman–Crippen MR) is 198 cm³/mol. The molecule has 2 saturated carbocycles. The molecule has 16 heteroatoms. The van der Waals surface area contributed by atoms with Gasteiger partial charge in [0.15, 0.2) is 0 Å². The number of carboxylic acid groups (broad SMARTS) is 1. The van der Waals surface area contributed by atoms with E-state index in [2.05, 4.69) is 15.1 Å². The van der Waals surface area contributed by atoms with Crippen molar-refractivity contribution in [2.24, 2.45) is 5.92 Å². The minimum Gasteiger partial charge on any atom is -0.490 e. The number of aliphatic carboxylic acids is 1. The summed E-state index contributed by atoms with van der Waals surface area (Å²) in [7, 11) is -3.63. The molecule has 3 aliphatic rings. The van der Waals surface area contributed by atoms with Crippen LogP contribution in [0.4, 0.5) is 10.5 Å². The highest BCUT2D eigenvalue weighted by molar-refractivity contribution is 7.90. The number of nitrogens with zero attached hydrogens (tertiary/aromatic N) is 3. The SMILES string of the molecule is Cc1c(Cl)cccc1OCCOC(=O)N1C[C@@H]2C[C@@H]2c2c(-c3cnn(Cc4cc(C(=O)N[C@@H](CNS(=O)(=O)C5CC5)C(=O)O)ccc4Cl)c3)cccc21. The largest absolute Gasteiger partial charge is 0.490 e. The predicted octanol–water partition coefficient (Wildman–Crippen LogP) is 5.62. The fraction of sp³-hybridized carbons (Fsp3) is 0.351. The molecule has 4 aromatic rings. The van der Waals surface area contributed by atoms with Gasteiger partial charge in [0.05, 0.1) is 23.7 Å². The number of rotatable bonds is 14. The van der Waals surface area contributed by atoms with Crippen LogP contribution in [0.3, 0.4) is 0 Å². The number of carbonyl (C=O) groups excluding carboxylic acids is 2. The van der Waals surface area contributed by atoms with E-state index in [4.69, 9.17) is 32.7 Å². The Morgan fingerprint density at radius 1 is 1.06 bits per heavy atom. The molecular formula is C37H37Cl2N5O8S. The topological polar surface area (TPSA) is 169 Å². The molecule has 1 aliphatic heterocycles. The van der Waals surface area contributed by atoms with Gasteiger partial charge in [0.25, 0.3) is 5.91 Å². The van der Waals surface area contributed by atoms with Crippen molar-refractivity contribution in [3.05, 3.63) is 99.3 Å². The zero-order chi connectivity index (χ0) is 37.4. The second-order valence-electron chi connectivity index (χ2n) is 13.5. The Kier molecular flexibility index (Phi) is 10.4. The number of carboxylic acids is 1. The third-order valence-electron chi connectivity index (χ3n) is 9.73. The van der Waals surface area contributed by atoms with Crippen LogP contribution in [0.15, 0.2) is 67.0 Å². The number of hydrogen-bond donors (Lipinski definition) is 3. The first-order valence-electron chi connectivity index (χ1n) is 17.2. The number of benzene rings is 3. The summed E-state index contributed by atoms with van der Waals surface area (Å²) in [6.45, 7) is 2.43. The zero-order valence-electron chi connectivity index (χ0n) is 28.6. The minimum absolute atomic E-state index is 0.0741. The molecule has 0 spiro atoms. The molecule has 53 heavy (non-hydrogen) atoms. The summed E-state index contributed by atoms with van der Waals surface area (Å²) in [4.78, 5) is 39.9. The van der Waals surface area contributed by atoms with Gasteiger partial charge in [-0.25, -0.2) is 22.7 Å². The van der Waals surface area contributed by atoms with Crippen molar-refractivity contribution in [1.29, 1.82) is 0 Å². The zero-order valence-corrected chi connectivity index (χ0v) is 31.0. The summed E-state index contributed by atoms with van der Waals surface area (Å²) in [5.41, 5.74) is 5.20. The number of anilines is 1. The molecule has 2 aliphatic carbocycles. The lowest BCUT2D eigenvalue weighted by molar-refractivity contribution is -0.139. The van der Waals surface area contributed by atoms with E-state index in [-0.39, 0.29) is 25.3 Å². The van der Waals surface area contributed by atoms with Crippen molar-refractivity contribution in [3.8, 4) is 16.9 Å². The van der Waals surface area contributed by atoms with Crippen molar-refractivity contribution in [1.82, 2.24) is 19.8 Å². The first kappa shape index (κ1) is 36.7. The van der Waals surface area contributed by atoms with Gasteiger partial charge < -0.3 is 19.9 Å². The van der Waals surface area contributed by atoms with E-state index >= 15 is 0 Å². The molecule has 0 radical (unpaired) electrons. The van der Waals surface area contributed by atoms with E-state index in [1.807, 2.05) is 37.4 Å². The maximum atomic E-state index is 13.3. The van der Waals surface area contributed by atoms with Gasteiger partial charge in [-0.15, -0.1) is 0 Å². The molecule has 3 atom stereocenters. The normalized spacial score (nSPS) is 18.1. The van der Waals surface area contributed by atoms with Gasteiger partial charge in [-0.1, -0.05) is 41.4 Å². The Hall–Kier alpha value is -4.63. The molecular weight excluding hydrogens is 745 g/mol. The summed E-state index contributed by atoms with van der Waals surface area (Å²) in [6.07, 6.45) is 5.18. The molecule has 278 valence electrons. The van der Waals surface area contributed by atoms with Crippen LogP contribution in [-0.2, 0) is 26.1 Å². The highest BCUT2D eigenvalue weighted by atomic mass is 35.5. The van der Waals surface area contributed by atoms with Gasteiger partial charge in [-0.3, -0.25) is 14.4 Å². The van der Waals surface area contributed by atoms with Gasteiger partial charge in [0.1, 0.15) is 25.0 Å². The van der Waals surface area contributed by atoms with E-state index in [0.717, 1.165) is 34.4 Å². The Labute approximate surface area is 316 Å². The van der Waals surface area contributed by atoms with Gasteiger partial charge in [-0.05, 0) is 91.1 Å². The number of sulfonamides is 1. The van der Waals surface area contributed by atoms with Crippen LogP contribution in [0, 0.1) is 12.8 Å². The molecule has 0 saturated heterocycles. The van der Waals surface area contributed by atoms with E-state index < -0.39 is 45.8 Å². The van der Waals surface area contributed by atoms with E-state index in [1.165, 1.54) is 6.07 Å². The number of fused-ring (bicyclic) bond motifs is 3. The van der Waals surface area contributed by atoms with Crippen molar-refractivity contribution in [2.75, 3.05) is 31.2 Å². The van der Waals surface area contributed by atoms with Crippen molar-refractivity contribution in [2.45, 2.75) is 49.9 Å². The van der Waals surface area contributed by atoms with Crippen molar-refractivity contribution < 1.29 is 37.4 Å². The summed E-state index contributed by atoms with van der Waals surface area (Å²) in [6, 6.07) is 14.3. The first-order valence-corrected chi connectivity index (χ1v) is 19.5. The number of nitrogens with one attached hydrogen (secondary N) is 2. The molecule has 2 amide bonds. The highest BCUT2D eigenvalue weighted by Gasteiger charge is 2.48. The molecule has 0 bridgehead atoms. The van der Waals surface area contributed by atoms with E-state index in [9.17, 15) is 27.9 Å². The Balaban J connectivity index is 1.01. The van der Waals surface area contributed by atoms with Crippen LogP contribution in [0.1, 0.15) is 52.2 Å². The maximum Gasteiger partial charge on any atom is 0.414 e. The van der Waals surface area contributed by atoms with Gasteiger partial charge in [0.2, 0.25) is 10.0 Å². The van der Waals surface area contributed by atoms with Gasteiger partial charge >= 0.3 is 12.1 Å². The number of halogens is 2. The molecule has 1 aromatic heterocycles. The Morgan fingerprint density at radius 2 is 1.85 bits per heavy atom. The van der Waals surface area contributed by atoms with E-state index in [0.29, 0.717) is 52.6 Å². The second-order valence-corrected chi connectivity index (χ2v) is 16.3. The lowest BCUT2D eigenvalue weighted by atomic mass is 9.93. The molecule has 7 rings (SSSR count). The average molecular weight is 783 g/mol. The lowest BCUT2D eigenvalue weighted by Crippen LogP contribution is -2.48. The monoisotopic (exact) mass is 781 g/mol. The van der Waals surface area contributed by atoms with Gasteiger partial charge in [-0.2, -0.15) is 5.10 Å². The molecule has 3 N–H and O–H groups in total. The maximum absolute atomic E-state index is 13.3. The summed E-state index contributed by atoms with van der Waals surface area (Å²) >= 11 is 12.7. The van der Waals surface area contributed by atoms with Crippen LogP contribution in [-0.4, -0.2) is 78.9 Å². The number of hydrogen-bond acceptors (Lipinski definition) is 8. The minimum atomic E-state index is -3.63. The van der Waals surface area contributed by atoms with Crippen LogP contribution in [0.5, 0.6) is 5.75 Å². The standard InChI is InChI=1S/C37H37Cl2N5O8S/c1-21-29(38)5-3-7-33(21)51-12-13-52-37(48)44-20-23-15-28(23)34-27(4-2-6-32(34)44)25-16-40-43(19-25)18-24-14-22(8-11-30(24)39)35(45)42-31(36(46)47)17-41-53(49,50)26-9-10-26/h2-8,11,14,16,19,23,26,28,31,41H,9-10,12-13,15,17-18,20H2,1H3,(H,42,45)(H,46,47)/t23-,28-,31-/m0/s1. The first-order chi connectivity index (χ1) is 25.4. The molecule has 2 fully saturated rings. The quantitative estimate of drug-likeness (QED) is 0.138. The number of carbonyl (C=O) groups is 3. The molecule has 13 nitrogen and oxygen atoms in total. The smallest absolute Gasteiger partial charge is 0.414 e. The van der Waals surface area contributed by atoms with Gasteiger partial charge in [0, 0.05) is 46.0 Å². The highest BCUT2D eigenvalue weighted by Crippen LogP contribution is 2.57. The van der Waals surface area contributed by atoms with Crippen LogP contribution < -0.4 is 19.7 Å². The van der Waals surface area contributed by atoms with Crippen molar-refractivity contribution >= 4 is 56.9 Å². The second kappa shape index (κ2) is 15.0. The third-order valence-corrected chi connectivity index (χ3v) is 12.4. The van der Waals surface area contributed by atoms with Crippen LogP contribution in [0.25, 0.3) is 11.1 Å². The van der Waals surface area contributed by atoms with Crippen molar-refractivity contribution in [3.63, 3.8) is 0 Å². The van der Waals surface area contributed by atoms with Crippen LogP contribution >= 0.6 is 23.2 Å². The number of ether oxygens (including phenoxy) is 2. The Morgan fingerprint density at radius 3 is 2.62 bits per heavy atom. The molecule has 3 aromatic carbocycles.